The molecule has 3 rings (SSSR count). The molecule has 3 aromatic rings. The van der Waals surface area contributed by atoms with Crippen LogP contribution in [0.2, 0.25) is 0 Å². The molecule has 8 heteroatoms. The van der Waals surface area contributed by atoms with Crippen molar-refractivity contribution in [2.45, 2.75) is 0 Å². The van der Waals surface area contributed by atoms with Gasteiger partial charge in [-0.05, 0) is 42.5 Å². The van der Waals surface area contributed by atoms with E-state index < -0.39 is 10.8 Å². The van der Waals surface area contributed by atoms with Crippen molar-refractivity contribution >= 4 is 28.9 Å². The lowest BCUT2D eigenvalue weighted by Gasteiger charge is -2.07. The van der Waals surface area contributed by atoms with Gasteiger partial charge in [0.1, 0.15) is 0 Å². The standard InChI is InChI=1S/C18H13N3O5/c22-17(12-3-1-4-15(11-12)21(24)25)19-13-6-8-14(9-7-13)20-18(23)16-5-2-10-26-16/h1-11H,(H,19,22)(H,20,23). The van der Waals surface area contributed by atoms with Crippen LogP contribution in [0.1, 0.15) is 20.9 Å². The lowest BCUT2D eigenvalue weighted by Crippen LogP contribution is -2.13. The zero-order valence-corrected chi connectivity index (χ0v) is 13.3. The molecule has 0 radical (unpaired) electrons. The molecule has 0 saturated heterocycles. The van der Waals surface area contributed by atoms with Crippen molar-refractivity contribution in [3.8, 4) is 0 Å². The number of rotatable bonds is 5. The molecular weight excluding hydrogens is 338 g/mol. The van der Waals surface area contributed by atoms with E-state index in [4.69, 9.17) is 4.42 Å². The number of furan rings is 1. The maximum Gasteiger partial charge on any atom is 0.291 e. The molecule has 0 aliphatic carbocycles. The van der Waals surface area contributed by atoms with E-state index in [0.29, 0.717) is 11.4 Å². The van der Waals surface area contributed by atoms with E-state index in [1.807, 2.05) is 0 Å². The number of hydrogen-bond donors (Lipinski definition) is 2. The van der Waals surface area contributed by atoms with E-state index in [9.17, 15) is 19.7 Å². The number of nitrogens with zero attached hydrogens (tertiary/aromatic N) is 1. The molecule has 0 aliphatic rings. The van der Waals surface area contributed by atoms with Crippen LogP contribution >= 0.6 is 0 Å². The minimum atomic E-state index is -0.562. The van der Waals surface area contributed by atoms with Crippen LogP contribution in [0.4, 0.5) is 17.1 Å². The van der Waals surface area contributed by atoms with Gasteiger partial charge in [0.25, 0.3) is 17.5 Å². The summed E-state index contributed by atoms with van der Waals surface area (Å²) in [5.74, 6) is -0.669. The fraction of sp³-hybridized carbons (Fsp3) is 0. The monoisotopic (exact) mass is 351 g/mol. The first-order valence-corrected chi connectivity index (χ1v) is 7.53. The minimum Gasteiger partial charge on any atom is -0.459 e. The van der Waals surface area contributed by atoms with Gasteiger partial charge in [0.15, 0.2) is 5.76 Å². The maximum atomic E-state index is 12.2. The zero-order valence-electron chi connectivity index (χ0n) is 13.3. The van der Waals surface area contributed by atoms with Crippen molar-refractivity contribution in [1.29, 1.82) is 0 Å². The van der Waals surface area contributed by atoms with Crippen molar-refractivity contribution in [1.82, 2.24) is 0 Å². The van der Waals surface area contributed by atoms with Crippen LogP contribution in [0.5, 0.6) is 0 Å². The molecule has 2 amide bonds. The van der Waals surface area contributed by atoms with Crippen LogP contribution in [-0.4, -0.2) is 16.7 Å². The Labute approximate surface area is 147 Å². The summed E-state index contributed by atoms with van der Waals surface area (Å²) in [7, 11) is 0. The lowest BCUT2D eigenvalue weighted by atomic mass is 10.2. The molecule has 2 N–H and O–H groups in total. The Bertz CT molecular complexity index is 949. The Morgan fingerprint density at radius 2 is 1.54 bits per heavy atom. The number of non-ortho nitro benzene ring substituents is 1. The van der Waals surface area contributed by atoms with Crippen molar-refractivity contribution in [2.75, 3.05) is 10.6 Å². The predicted octanol–water partition coefficient (Wildman–Crippen LogP) is 3.69. The summed E-state index contributed by atoms with van der Waals surface area (Å²) in [5.41, 5.74) is 1.03. The van der Waals surface area contributed by atoms with Gasteiger partial charge in [-0.3, -0.25) is 19.7 Å². The summed E-state index contributed by atoms with van der Waals surface area (Å²) in [6.07, 6.45) is 1.40. The van der Waals surface area contributed by atoms with Gasteiger partial charge < -0.3 is 15.1 Å². The Hall–Kier alpha value is -3.94. The smallest absolute Gasteiger partial charge is 0.291 e. The first kappa shape index (κ1) is 16.9. The van der Waals surface area contributed by atoms with E-state index in [0.717, 1.165) is 0 Å². The van der Waals surface area contributed by atoms with Gasteiger partial charge in [0.05, 0.1) is 11.2 Å². The van der Waals surface area contributed by atoms with Gasteiger partial charge in [-0.1, -0.05) is 6.07 Å². The third-order valence-corrected chi connectivity index (χ3v) is 3.46. The quantitative estimate of drug-likeness (QED) is 0.537. The number of carbonyl (C=O) groups is 2. The average Bonchev–Trinajstić information content (AvgIpc) is 3.18. The maximum absolute atomic E-state index is 12.2. The second-order valence-electron chi connectivity index (χ2n) is 5.27. The van der Waals surface area contributed by atoms with E-state index in [1.54, 1.807) is 36.4 Å². The van der Waals surface area contributed by atoms with E-state index in [2.05, 4.69) is 10.6 Å². The summed E-state index contributed by atoms with van der Waals surface area (Å²) in [6.45, 7) is 0. The molecule has 0 fully saturated rings. The number of benzene rings is 2. The minimum absolute atomic E-state index is 0.159. The molecule has 1 heterocycles. The summed E-state index contributed by atoms with van der Waals surface area (Å²) in [5, 5.41) is 16.1. The van der Waals surface area contributed by atoms with Gasteiger partial charge in [-0.2, -0.15) is 0 Å². The number of amides is 2. The third kappa shape index (κ3) is 3.93. The highest BCUT2D eigenvalue weighted by Crippen LogP contribution is 2.17. The number of carbonyl (C=O) groups excluding carboxylic acids is 2. The van der Waals surface area contributed by atoms with Crippen LogP contribution in [0, 0.1) is 10.1 Å². The van der Waals surface area contributed by atoms with Crippen LogP contribution in [0.3, 0.4) is 0 Å². The number of hydrogen-bond acceptors (Lipinski definition) is 5. The molecule has 0 spiro atoms. The van der Waals surface area contributed by atoms with Crippen molar-refractivity contribution in [3.05, 3.63) is 88.4 Å². The predicted molar refractivity (Wildman–Crippen MR) is 94.2 cm³/mol. The first-order valence-electron chi connectivity index (χ1n) is 7.53. The van der Waals surface area contributed by atoms with Gasteiger partial charge >= 0.3 is 0 Å². The van der Waals surface area contributed by atoms with Crippen LogP contribution in [-0.2, 0) is 0 Å². The number of nitro benzene ring substituents is 1. The second-order valence-corrected chi connectivity index (χ2v) is 5.27. The molecule has 2 aromatic carbocycles. The molecular formula is C18H13N3O5. The van der Waals surface area contributed by atoms with Gasteiger partial charge in [-0.25, -0.2) is 0 Å². The molecule has 0 saturated carbocycles. The third-order valence-electron chi connectivity index (χ3n) is 3.46. The van der Waals surface area contributed by atoms with Gasteiger partial charge in [-0.15, -0.1) is 0 Å². The van der Waals surface area contributed by atoms with Gasteiger partial charge in [0, 0.05) is 29.1 Å². The van der Waals surface area contributed by atoms with E-state index >= 15 is 0 Å². The van der Waals surface area contributed by atoms with Crippen LogP contribution < -0.4 is 10.6 Å². The fourth-order valence-corrected chi connectivity index (χ4v) is 2.20. The largest absolute Gasteiger partial charge is 0.459 e. The molecule has 0 unspecified atom stereocenters. The molecule has 0 aliphatic heterocycles. The van der Waals surface area contributed by atoms with Crippen molar-refractivity contribution < 1.29 is 18.9 Å². The van der Waals surface area contributed by atoms with E-state index in [-0.39, 0.29) is 22.9 Å². The van der Waals surface area contributed by atoms with E-state index in [1.165, 1.54) is 30.5 Å². The van der Waals surface area contributed by atoms with Crippen LogP contribution in [0.25, 0.3) is 0 Å². The highest BCUT2D eigenvalue weighted by molar-refractivity contribution is 6.05. The topological polar surface area (TPSA) is 114 Å². The molecule has 0 bridgehead atoms. The number of nitro groups is 1. The first-order chi connectivity index (χ1) is 12.5. The van der Waals surface area contributed by atoms with Crippen LogP contribution in [0.15, 0.2) is 71.3 Å². The molecule has 1 aromatic heterocycles. The molecule has 0 atom stereocenters. The highest BCUT2D eigenvalue weighted by Gasteiger charge is 2.12. The summed E-state index contributed by atoms with van der Waals surface area (Å²) in [4.78, 5) is 34.3. The average molecular weight is 351 g/mol. The van der Waals surface area contributed by atoms with Crippen molar-refractivity contribution in [3.63, 3.8) is 0 Å². The van der Waals surface area contributed by atoms with Gasteiger partial charge in [0.2, 0.25) is 0 Å². The number of nitrogens with one attached hydrogen (secondary N) is 2. The Morgan fingerprint density at radius 3 is 2.12 bits per heavy atom. The summed E-state index contributed by atoms with van der Waals surface area (Å²) >= 11 is 0. The SMILES string of the molecule is O=C(Nc1ccc(NC(=O)c2ccco2)cc1)c1cccc([N+](=O)[O-])c1. The Morgan fingerprint density at radius 1 is 0.885 bits per heavy atom. The fourth-order valence-electron chi connectivity index (χ4n) is 2.20. The lowest BCUT2D eigenvalue weighted by molar-refractivity contribution is -0.384. The normalized spacial score (nSPS) is 10.2. The highest BCUT2D eigenvalue weighted by atomic mass is 16.6. The summed E-state index contributed by atoms with van der Waals surface area (Å²) in [6, 6.07) is 15.0. The molecule has 130 valence electrons. The molecule has 8 nitrogen and oxygen atoms in total. The zero-order chi connectivity index (χ0) is 18.5. The Balaban J connectivity index is 1.65. The summed E-state index contributed by atoms with van der Waals surface area (Å²) < 4.78 is 5.00. The Kier molecular flexibility index (Phi) is 4.75. The molecule has 26 heavy (non-hydrogen) atoms. The number of anilines is 2. The van der Waals surface area contributed by atoms with Crippen molar-refractivity contribution in [2.24, 2.45) is 0 Å². The second kappa shape index (κ2) is 7.31.